The monoisotopic (exact) mass is 448 g/mol. The fourth-order valence-electron chi connectivity index (χ4n) is 2.15. The molecule has 1 amide bonds. The van der Waals surface area contributed by atoms with Crippen LogP contribution in [0.1, 0.15) is 0 Å². The molecule has 0 unspecified atom stereocenters. The van der Waals surface area contributed by atoms with Gasteiger partial charge in [0.15, 0.2) is 6.61 Å². The molecule has 1 N–H and O–H groups in total. The van der Waals surface area contributed by atoms with Crippen LogP contribution >= 0.6 is 23.4 Å². The van der Waals surface area contributed by atoms with Gasteiger partial charge in [-0.25, -0.2) is 0 Å². The average Bonchev–Trinajstić information content (AvgIpc) is 3.21. The van der Waals surface area contributed by atoms with Crippen LogP contribution in [0.2, 0.25) is 5.02 Å². The van der Waals surface area contributed by atoms with Gasteiger partial charge in [-0.15, -0.1) is 10.2 Å². The molecule has 1 aromatic heterocycles. The number of anilines is 1. The molecule has 0 aliphatic carbocycles. The second-order valence-electron chi connectivity index (χ2n) is 5.68. The standard InChI is InChI=1S/C18H13ClN4O6S/c19-12-3-1-11(2-4-12)17-21-22-18(29-17)30-10-16(25)28-9-15(24)20-13-5-7-14(8-6-13)23(26)27/h1-8H,9-10H2,(H,20,24). The summed E-state index contributed by atoms with van der Waals surface area (Å²) in [6.07, 6.45) is 0. The molecular formula is C18H13ClN4O6S. The Kier molecular flexibility index (Phi) is 6.99. The van der Waals surface area contributed by atoms with Crippen molar-refractivity contribution in [1.29, 1.82) is 0 Å². The number of nitro groups is 1. The van der Waals surface area contributed by atoms with E-state index in [1.165, 1.54) is 24.3 Å². The van der Waals surface area contributed by atoms with Crippen LogP contribution in [0.3, 0.4) is 0 Å². The SMILES string of the molecule is O=C(COC(=O)CSc1nnc(-c2ccc(Cl)cc2)o1)Nc1ccc([N+](=O)[O-])cc1. The first-order valence-electron chi connectivity index (χ1n) is 8.33. The van der Waals surface area contributed by atoms with Crippen LogP contribution < -0.4 is 5.32 Å². The van der Waals surface area contributed by atoms with E-state index in [1.807, 2.05) is 0 Å². The second-order valence-corrected chi connectivity index (χ2v) is 7.04. The van der Waals surface area contributed by atoms with Crippen molar-refractivity contribution >= 4 is 46.6 Å². The molecule has 30 heavy (non-hydrogen) atoms. The Hall–Kier alpha value is -3.44. The number of carbonyl (C=O) groups is 2. The van der Waals surface area contributed by atoms with Crippen LogP contribution in [0, 0.1) is 10.1 Å². The molecule has 154 valence electrons. The number of hydrogen-bond donors (Lipinski definition) is 1. The Morgan fingerprint density at radius 1 is 1.13 bits per heavy atom. The van der Waals surface area contributed by atoms with Crippen LogP contribution in [0.5, 0.6) is 0 Å². The van der Waals surface area contributed by atoms with E-state index in [0.717, 1.165) is 11.8 Å². The summed E-state index contributed by atoms with van der Waals surface area (Å²) in [5.41, 5.74) is 0.928. The van der Waals surface area contributed by atoms with Gasteiger partial charge >= 0.3 is 5.97 Å². The van der Waals surface area contributed by atoms with Gasteiger partial charge in [0, 0.05) is 28.4 Å². The van der Waals surface area contributed by atoms with Crippen LogP contribution in [-0.4, -0.2) is 39.4 Å². The van der Waals surface area contributed by atoms with Gasteiger partial charge in [-0.1, -0.05) is 23.4 Å². The highest BCUT2D eigenvalue weighted by atomic mass is 35.5. The number of esters is 1. The first-order valence-corrected chi connectivity index (χ1v) is 9.69. The maximum absolute atomic E-state index is 11.8. The van der Waals surface area contributed by atoms with Crippen LogP contribution in [0.25, 0.3) is 11.5 Å². The predicted molar refractivity (Wildman–Crippen MR) is 108 cm³/mol. The number of nitrogens with one attached hydrogen (secondary N) is 1. The zero-order chi connectivity index (χ0) is 21.5. The van der Waals surface area contributed by atoms with Crippen molar-refractivity contribution in [3.8, 4) is 11.5 Å². The Labute approximate surface area is 178 Å². The number of rotatable bonds is 8. The first-order chi connectivity index (χ1) is 14.4. The second kappa shape index (κ2) is 9.85. The lowest BCUT2D eigenvalue weighted by Gasteiger charge is -2.06. The largest absolute Gasteiger partial charge is 0.455 e. The van der Waals surface area contributed by atoms with E-state index in [4.69, 9.17) is 20.8 Å². The van der Waals surface area contributed by atoms with Crippen molar-refractivity contribution in [2.24, 2.45) is 0 Å². The van der Waals surface area contributed by atoms with Crippen molar-refractivity contribution in [2.75, 3.05) is 17.7 Å². The fourth-order valence-corrected chi connectivity index (χ4v) is 2.84. The average molecular weight is 449 g/mol. The van der Waals surface area contributed by atoms with Gasteiger partial charge in [-0.05, 0) is 36.4 Å². The minimum absolute atomic E-state index is 0.100. The molecule has 0 aliphatic heterocycles. The number of nitrogens with zero attached hydrogens (tertiary/aromatic N) is 3. The molecule has 10 nitrogen and oxygen atoms in total. The van der Waals surface area contributed by atoms with Gasteiger partial charge < -0.3 is 14.5 Å². The number of ether oxygens (including phenoxy) is 1. The Morgan fingerprint density at radius 2 is 1.83 bits per heavy atom. The smallest absolute Gasteiger partial charge is 0.316 e. The minimum atomic E-state index is -0.648. The van der Waals surface area contributed by atoms with E-state index in [1.54, 1.807) is 24.3 Å². The summed E-state index contributed by atoms with van der Waals surface area (Å²) in [6, 6.07) is 12.1. The molecule has 0 saturated heterocycles. The highest BCUT2D eigenvalue weighted by Gasteiger charge is 2.13. The summed E-state index contributed by atoms with van der Waals surface area (Å²) in [5.74, 6) is -1.08. The quantitative estimate of drug-likeness (QED) is 0.237. The Balaban J connectivity index is 1.42. The summed E-state index contributed by atoms with van der Waals surface area (Å²) in [7, 11) is 0. The molecule has 0 radical (unpaired) electrons. The molecule has 0 aliphatic rings. The minimum Gasteiger partial charge on any atom is -0.455 e. The van der Waals surface area contributed by atoms with Gasteiger partial charge in [0.2, 0.25) is 5.89 Å². The molecule has 0 saturated carbocycles. The van der Waals surface area contributed by atoms with Crippen molar-refractivity contribution in [3.63, 3.8) is 0 Å². The third-order valence-corrected chi connectivity index (χ3v) is 4.58. The zero-order valence-electron chi connectivity index (χ0n) is 15.1. The number of amides is 1. The molecule has 0 atom stereocenters. The number of halogens is 1. The highest BCUT2D eigenvalue weighted by Crippen LogP contribution is 2.24. The molecule has 12 heteroatoms. The summed E-state index contributed by atoms with van der Waals surface area (Å²) in [4.78, 5) is 33.7. The van der Waals surface area contributed by atoms with Crippen molar-refractivity contribution in [2.45, 2.75) is 5.22 Å². The topological polar surface area (TPSA) is 137 Å². The first kappa shape index (κ1) is 21.3. The number of carbonyl (C=O) groups excluding carboxylic acids is 2. The van der Waals surface area contributed by atoms with E-state index >= 15 is 0 Å². The lowest BCUT2D eigenvalue weighted by Crippen LogP contribution is -2.21. The number of benzene rings is 2. The van der Waals surface area contributed by atoms with Crippen LogP contribution in [0.15, 0.2) is 58.2 Å². The van der Waals surface area contributed by atoms with Gasteiger partial charge in [0.05, 0.1) is 4.92 Å². The summed E-state index contributed by atoms with van der Waals surface area (Å²) < 4.78 is 10.3. The van der Waals surface area contributed by atoms with Crippen LogP contribution in [-0.2, 0) is 14.3 Å². The van der Waals surface area contributed by atoms with Gasteiger partial charge in [-0.2, -0.15) is 0 Å². The van der Waals surface area contributed by atoms with E-state index in [2.05, 4.69) is 15.5 Å². The molecule has 0 bridgehead atoms. The van der Waals surface area contributed by atoms with Crippen molar-refractivity contribution in [1.82, 2.24) is 10.2 Å². The maximum Gasteiger partial charge on any atom is 0.316 e. The van der Waals surface area contributed by atoms with Crippen molar-refractivity contribution in [3.05, 3.63) is 63.7 Å². The Morgan fingerprint density at radius 3 is 2.50 bits per heavy atom. The lowest BCUT2D eigenvalue weighted by molar-refractivity contribution is -0.384. The van der Waals surface area contributed by atoms with Crippen LogP contribution in [0.4, 0.5) is 11.4 Å². The van der Waals surface area contributed by atoms with Gasteiger partial charge in [0.1, 0.15) is 5.75 Å². The molecule has 1 heterocycles. The molecule has 2 aromatic carbocycles. The van der Waals surface area contributed by atoms with E-state index in [-0.39, 0.29) is 22.6 Å². The number of hydrogen-bond acceptors (Lipinski definition) is 9. The van der Waals surface area contributed by atoms with Gasteiger partial charge in [0.25, 0.3) is 16.8 Å². The number of non-ortho nitro benzene ring substituents is 1. The molecule has 0 spiro atoms. The van der Waals surface area contributed by atoms with E-state index in [0.29, 0.717) is 16.3 Å². The molecule has 3 rings (SSSR count). The fraction of sp³-hybridized carbons (Fsp3) is 0.111. The third kappa shape index (κ3) is 6.03. The third-order valence-electron chi connectivity index (χ3n) is 3.54. The zero-order valence-corrected chi connectivity index (χ0v) is 16.7. The highest BCUT2D eigenvalue weighted by molar-refractivity contribution is 7.99. The molecule has 0 fully saturated rings. The normalized spacial score (nSPS) is 10.4. The predicted octanol–water partition coefficient (Wildman–Crippen LogP) is 3.57. The summed E-state index contributed by atoms with van der Waals surface area (Å²) >= 11 is 6.80. The van der Waals surface area contributed by atoms with E-state index in [9.17, 15) is 19.7 Å². The summed E-state index contributed by atoms with van der Waals surface area (Å²) in [6.45, 7) is -0.504. The molecular weight excluding hydrogens is 436 g/mol. The molecule has 3 aromatic rings. The maximum atomic E-state index is 11.8. The van der Waals surface area contributed by atoms with Gasteiger partial charge in [-0.3, -0.25) is 19.7 Å². The lowest BCUT2D eigenvalue weighted by atomic mass is 10.2. The Bertz CT molecular complexity index is 1060. The number of nitro benzene ring substituents is 1. The summed E-state index contributed by atoms with van der Waals surface area (Å²) in [5, 5.41) is 21.5. The van der Waals surface area contributed by atoms with Crippen molar-refractivity contribution < 1.29 is 23.7 Å². The number of aromatic nitrogens is 2. The van der Waals surface area contributed by atoms with E-state index < -0.39 is 23.4 Å². The number of thioether (sulfide) groups is 1.